The molecule has 3 rings (SSSR count). The number of benzene rings is 2. The lowest BCUT2D eigenvalue weighted by Gasteiger charge is -2.12. The summed E-state index contributed by atoms with van der Waals surface area (Å²) in [6.45, 7) is -0.0812. The number of halogens is 5. The second-order valence-electron chi connectivity index (χ2n) is 6.45. The second kappa shape index (κ2) is 9.41. The van der Waals surface area contributed by atoms with Crippen LogP contribution in [-0.4, -0.2) is 22.0 Å². The summed E-state index contributed by atoms with van der Waals surface area (Å²) in [6.07, 6.45) is -4.55. The van der Waals surface area contributed by atoms with Gasteiger partial charge in [-0.2, -0.15) is 23.1 Å². The molecular formula is C21H15F5N4O2. The molecule has 1 heterocycles. The van der Waals surface area contributed by atoms with Crippen molar-refractivity contribution in [3.8, 4) is 5.88 Å². The van der Waals surface area contributed by atoms with E-state index in [-0.39, 0.29) is 29.8 Å². The third kappa shape index (κ3) is 6.00. The molecule has 0 aliphatic heterocycles. The van der Waals surface area contributed by atoms with Gasteiger partial charge in [0.05, 0.1) is 5.56 Å². The zero-order valence-electron chi connectivity index (χ0n) is 16.1. The van der Waals surface area contributed by atoms with E-state index in [2.05, 4.69) is 20.6 Å². The van der Waals surface area contributed by atoms with E-state index < -0.39 is 29.3 Å². The Bertz CT molecular complexity index is 1150. The Hall–Kier alpha value is -4.02. The molecule has 0 spiro atoms. The highest BCUT2D eigenvalue weighted by Crippen LogP contribution is 2.29. The molecule has 1 aromatic heterocycles. The van der Waals surface area contributed by atoms with Crippen LogP contribution in [0.5, 0.6) is 5.88 Å². The number of amides is 1. The van der Waals surface area contributed by atoms with Crippen LogP contribution < -0.4 is 10.6 Å². The van der Waals surface area contributed by atoms with E-state index >= 15 is 0 Å². The molecule has 3 N–H and O–H groups in total. The molecule has 0 radical (unpaired) electrons. The SMILES string of the molecule is O=C(/N=C(/NCc1ccc(F)c(F)c1)Nc1cccc(O)n1)c1ccc(C(F)(F)F)cc1. The highest BCUT2D eigenvalue weighted by atomic mass is 19.4. The first kappa shape index (κ1) is 22.7. The lowest BCUT2D eigenvalue weighted by Crippen LogP contribution is -2.31. The van der Waals surface area contributed by atoms with Crippen molar-refractivity contribution in [2.45, 2.75) is 12.7 Å². The molecule has 166 valence electrons. The van der Waals surface area contributed by atoms with Gasteiger partial charge in [-0.15, -0.1) is 0 Å². The fraction of sp³-hybridized carbons (Fsp3) is 0.0952. The van der Waals surface area contributed by atoms with E-state index in [1.54, 1.807) is 0 Å². The number of nitrogens with zero attached hydrogens (tertiary/aromatic N) is 2. The van der Waals surface area contributed by atoms with E-state index in [4.69, 9.17) is 0 Å². The van der Waals surface area contributed by atoms with E-state index in [0.29, 0.717) is 5.56 Å². The molecule has 0 fully saturated rings. The van der Waals surface area contributed by atoms with Gasteiger partial charge in [0, 0.05) is 18.2 Å². The van der Waals surface area contributed by atoms with Crippen molar-refractivity contribution in [1.82, 2.24) is 10.3 Å². The van der Waals surface area contributed by atoms with Gasteiger partial charge in [-0.1, -0.05) is 12.1 Å². The molecule has 0 bridgehead atoms. The van der Waals surface area contributed by atoms with Gasteiger partial charge in [-0.05, 0) is 48.0 Å². The van der Waals surface area contributed by atoms with Gasteiger partial charge in [0.1, 0.15) is 5.82 Å². The molecular weight excluding hydrogens is 435 g/mol. The summed E-state index contributed by atoms with van der Waals surface area (Å²) < 4.78 is 64.7. The molecule has 0 unspecified atom stereocenters. The predicted molar refractivity (Wildman–Crippen MR) is 106 cm³/mol. The summed E-state index contributed by atoms with van der Waals surface area (Å²) in [5, 5.41) is 14.9. The van der Waals surface area contributed by atoms with Crippen molar-refractivity contribution in [2.24, 2.45) is 4.99 Å². The maximum absolute atomic E-state index is 13.4. The number of aromatic nitrogens is 1. The zero-order chi connectivity index (χ0) is 23.3. The number of aromatic hydroxyl groups is 1. The number of hydrogen-bond donors (Lipinski definition) is 3. The molecule has 0 aliphatic rings. The van der Waals surface area contributed by atoms with Gasteiger partial charge >= 0.3 is 6.18 Å². The van der Waals surface area contributed by atoms with Crippen LogP contribution in [0.3, 0.4) is 0 Å². The first-order valence-corrected chi connectivity index (χ1v) is 9.03. The minimum Gasteiger partial charge on any atom is -0.493 e. The fourth-order valence-electron chi connectivity index (χ4n) is 2.53. The first-order chi connectivity index (χ1) is 15.1. The van der Waals surface area contributed by atoms with Crippen LogP contribution in [0.4, 0.5) is 27.8 Å². The number of nitrogens with one attached hydrogen (secondary N) is 2. The number of carbonyl (C=O) groups is 1. The quantitative estimate of drug-likeness (QED) is 0.310. The van der Waals surface area contributed by atoms with Crippen LogP contribution in [0.1, 0.15) is 21.5 Å². The van der Waals surface area contributed by atoms with Crippen LogP contribution in [0.25, 0.3) is 0 Å². The molecule has 11 heteroatoms. The molecule has 6 nitrogen and oxygen atoms in total. The summed E-state index contributed by atoms with van der Waals surface area (Å²) in [5.74, 6) is -3.36. The Morgan fingerprint density at radius 3 is 2.34 bits per heavy atom. The van der Waals surface area contributed by atoms with Crippen LogP contribution in [0.15, 0.2) is 65.7 Å². The number of guanidine groups is 1. The maximum atomic E-state index is 13.4. The van der Waals surface area contributed by atoms with Crippen LogP contribution >= 0.6 is 0 Å². The fourth-order valence-corrected chi connectivity index (χ4v) is 2.53. The summed E-state index contributed by atoms with van der Waals surface area (Å²) >= 11 is 0. The highest BCUT2D eigenvalue weighted by molar-refractivity contribution is 6.06. The smallest absolute Gasteiger partial charge is 0.416 e. The second-order valence-corrected chi connectivity index (χ2v) is 6.45. The average Bonchev–Trinajstić information content (AvgIpc) is 2.74. The molecule has 0 aliphatic carbocycles. The van der Waals surface area contributed by atoms with Crippen LogP contribution in [0, 0.1) is 11.6 Å². The number of alkyl halides is 3. The lowest BCUT2D eigenvalue weighted by molar-refractivity contribution is -0.137. The zero-order valence-corrected chi connectivity index (χ0v) is 16.1. The first-order valence-electron chi connectivity index (χ1n) is 9.03. The van der Waals surface area contributed by atoms with Crippen molar-refractivity contribution >= 4 is 17.7 Å². The largest absolute Gasteiger partial charge is 0.493 e. The Balaban J connectivity index is 1.83. The van der Waals surface area contributed by atoms with Gasteiger partial charge in [-0.25, -0.2) is 8.78 Å². The molecule has 2 aromatic carbocycles. The number of hydrogen-bond acceptors (Lipinski definition) is 3. The third-order valence-electron chi connectivity index (χ3n) is 4.10. The van der Waals surface area contributed by atoms with Gasteiger partial charge in [0.25, 0.3) is 5.91 Å². The molecule has 0 saturated carbocycles. The number of pyridine rings is 1. The topological polar surface area (TPSA) is 86.6 Å². The lowest BCUT2D eigenvalue weighted by atomic mass is 10.1. The van der Waals surface area contributed by atoms with Crippen molar-refractivity contribution in [1.29, 1.82) is 0 Å². The molecule has 0 saturated heterocycles. The molecule has 1 amide bonds. The standard InChI is InChI=1S/C21H15F5N4O2/c22-15-9-4-12(10-16(15)23)11-27-20(29-17-2-1-3-18(31)28-17)30-19(32)13-5-7-14(8-6-13)21(24,25)26/h1-10H,11H2,(H3,27,28,29,30,31,32). The van der Waals surface area contributed by atoms with Crippen molar-refractivity contribution < 1.29 is 31.9 Å². The van der Waals surface area contributed by atoms with E-state index in [1.807, 2.05) is 0 Å². The highest BCUT2D eigenvalue weighted by Gasteiger charge is 2.30. The minimum atomic E-state index is -4.55. The normalized spacial score (nSPS) is 11.8. The van der Waals surface area contributed by atoms with Crippen molar-refractivity contribution in [2.75, 3.05) is 5.32 Å². The number of rotatable bonds is 4. The number of carbonyl (C=O) groups excluding carboxylic acids is 1. The third-order valence-corrected chi connectivity index (χ3v) is 4.10. The van der Waals surface area contributed by atoms with Gasteiger partial charge in [-0.3, -0.25) is 4.79 Å². The molecule has 0 atom stereocenters. The molecule has 3 aromatic rings. The van der Waals surface area contributed by atoms with Crippen molar-refractivity contribution in [3.63, 3.8) is 0 Å². The molecule has 32 heavy (non-hydrogen) atoms. The predicted octanol–water partition coefficient (Wildman–Crippen LogP) is 4.48. The number of aliphatic imine (C=N–C) groups is 1. The van der Waals surface area contributed by atoms with Crippen LogP contribution in [-0.2, 0) is 12.7 Å². The number of anilines is 1. The summed E-state index contributed by atoms with van der Waals surface area (Å²) in [5.41, 5.74) is -0.711. The summed E-state index contributed by atoms with van der Waals surface area (Å²) in [6, 6.07) is 10.9. The van der Waals surface area contributed by atoms with Gasteiger partial charge < -0.3 is 15.7 Å². The maximum Gasteiger partial charge on any atom is 0.416 e. The monoisotopic (exact) mass is 450 g/mol. The Morgan fingerprint density at radius 2 is 1.72 bits per heavy atom. The summed E-state index contributed by atoms with van der Waals surface area (Å²) in [7, 11) is 0. The van der Waals surface area contributed by atoms with Crippen molar-refractivity contribution in [3.05, 3.63) is 89.0 Å². The summed E-state index contributed by atoms with van der Waals surface area (Å²) in [4.78, 5) is 20.0. The Labute approximate surface area is 178 Å². The van der Waals surface area contributed by atoms with Gasteiger partial charge in [0.15, 0.2) is 11.6 Å². The van der Waals surface area contributed by atoms with E-state index in [1.165, 1.54) is 24.3 Å². The van der Waals surface area contributed by atoms with Gasteiger partial charge in [0.2, 0.25) is 11.8 Å². The Morgan fingerprint density at radius 1 is 1.00 bits per heavy atom. The van der Waals surface area contributed by atoms with E-state index in [9.17, 15) is 31.9 Å². The van der Waals surface area contributed by atoms with Crippen LogP contribution in [0.2, 0.25) is 0 Å². The Kier molecular flexibility index (Phi) is 6.67. The van der Waals surface area contributed by atoms with E-state index in [0.717, 1.165) is 36.4 Å². The minimum absolute atomic E-state index is 0.0812. The average molecular weight is 450 g/mol.